The van der Waals surface area contributed by atoms with Gasteiger partial charge in [-0.2, -0.15) is 10.2 Å². The summed E-state index contributed by atoms with van der Waals surface area (Å²) in [4.78, 5) is 22.9. The van der Waals surface area contributed by atoms with E-state index in [1.54, 1.807) is 18.2 Å². The monoisotopic (exact) mass is 585 g/mol. The zero-order valence-electron chi connectivity index (χ0n) is 23.3. The molecule has 0 unspecified atom stereocenters. The van der Waals surface area contributed by atoms with Crippen LogP contribution in [-0.4, -0.2) is 51.4 Å². The summed E-state index contributed by atoms with van der Waals surface area (Å²) in [6.07, 6.45) is 3.64. The van der Waals surface area contributed by atoms with E-state index < -0.39 is 17.6 Å². The van der Waals surface area contributed by atoms with Gasteiger partial charge < -0.3 is 24.0 Å². The van der Waals surface area contributed by atoms with Gasteiger partial charge in [-0.3, -0.25) is 0 Å². The number of fused-ring (bicyclic) bond motifs is 2. The molecule has 0 spiro atoms. The third-order valence-electron chi connectivity index (χ3n) is 9.10. The summed E-state index contributed by atoms with van der Waals surface area (Å²) in [5.41, 5.74) is 2.36. The lowest BCUT2D eigenvalue weighted by Crippen LogP contribution is -2.37. The number of aromatic nitrogens is 3. The molecule has 2 saturated heterocycles. The zero-order chi connectivity index (χ0) is 29.7. The fraction of sp³-hybridized carbons (Fsp3) is 0.375. The molecule has 1 N–H and O–H groups in total. The number of anilines is 1. The van der Waals surface area contributed by atoms with Crippen molar-refractivity contribution in [1.29, 1.82) is 5.26 Å². The van der Waals surface area contributed by atoms with E-state index in [0.29, 0.717) is 25.6 Å². The molecule has 0 radical (unpaired) electrons. The Morgan fingerprint density at radius 2 is 2.02 bits per heavy atom. The maximum absolute atomic E-state index is 15.0. The summed E-state index contributed by atoms with van der Waals surface area (Å²) in [6, 6.07) is 13.9. The van der Waals surface area contributed by atoms with Gasteiger partial charge in [0.2, 0.25) is 5.88 Å². The predicted molar refractivity (Wildman–Crippen MR) is 152 cm³/mol. The van der Waals surface area contributed by atoms with E-state index >= 15 is 0 Å². The van der Waals surface area contributed by atoms with Crippen LogP contribution in [-0.2, 0) is 24.3 Å². The smallest absolute Gasteiger partial charge is 0.335 e. The summed E-state index contributed by atoms with van der Waals surface area (Å²) < 4.78 is 42.7. The number of halogens is 2. The van der Waals surface area contributed by atoms with Crippen molar-refractivity contribution in [1.82, 2.24) is 14.5 Å². The van der Waals surface area contributed by atoms with E-state index in [2.05, 4.69) is 9.55 Å². The molecule has 1 saturated carbocycles. The molecule has 0 bridgehead atoms. The third-order valence-corrected chi connectivity index (χ3v) is 9.10. The molecule has 43 heavy (non-hydrogen) atoms. The van der Waals surface area contributed by atoms with E-state index in [-0.39, 0.29) is 46.5 Å². The molecule has 11 heteroatoms. The summed E-state index contributed by atoms with van der Waals surface area (Å²) in [5, 5.41) is 18.5. The van der Waals surface area contributed by atoms with E-state index in [4.69, 9.17) is 19.7 Å². The van der Waals surface area contributed by atoms with Gasteiger partial charge in [-0.05, 0) is 67.0 Å². The molecule has 2 aliphatic heterocycles. The highest BCUT2D eigenvalue weighted by atomic mass is 19.1. The number of hydrogen-bond acceptors (Lipinski definition) is 7. The molecule has 0 amide bonds. The average molecular weight is 586 g/mol. The highest BCUT2D eigenvalue weighted by Gasteiger charge is 2.57. The SMILES string of the molecule is N#Cc1ccc(COc2ccc(F)c(N3CC[C@@]4(Cc5nc6ccc(C(=O)O)cc6n5C[C@@H]5CCO5)C[C@H]4C3)n2)c(F)c1. The molecular formula is C32H29F2N5O4. The van der Waals surface area contributed by atoms with Crippen LogP contribution in [0.25, 0.3) is 11.0 Å². The summed E-state index contributed by atoms with van der Waals surface area (Å²) in [6.45, 7) is 2.53. The number of piperidine rings is 1. The fourth-order valence-corrected chi connectivity index (χ4v) is 6.40. The number of hydrogen-bond donors (Lipinski definition) is 1. The van der Waals surface area contributed by atoms with Gasteiger partial charge in [-0.1, -0.05) is 6.07 Å². The second-order valence-corrected chi connectivity index (χ2v) is 11.7. The molecule has 7 rings (SSSR count). The number of aromatic carboxylic acids is 1. The first-order valence-electron chi connectivity index (χ1n) is 14.4. The number of imidazole rings is 1. The van der Waals surface area contributed by atoms with Crippen LogP contribution in [0.1, 0.15) is 46.6 Å². The largest absolute Gasteiger partial charge is 0.478 e. The van der Waals surface area contributed by atoms with Crippen molar-refractivity contribution < 1.29 is 28.2 Å². The number of carboxylic acid groups (broad SMARTS) is 1. The molecule has 2 aromatic carbocycles. The van der Waals surface area contributed by atoms with Crippen LogP contribution < -0.4 is 9.64 Å². The Kier molecular flexibility index (Phi) is 6.73. The number of rotatable bonds is 9. The quantitative estimate of drug-likeness (QED) is 0.289. The number of carboxylic acids is 1. The first kappa shape index (κ1) is 27.3. The van der Waals surface area contributed by atoms with Crippen LogP contribution in [0.3, 0.4) is 0 Å². The molecular weight excluding hydrogens is 556 g/mol. The predicted octanol–water partition coefficient (Wildman–Crippen LogP) is 5.11. The van der Waals surface area contributed by atoms with Gasteiger partial charge in [0.1, 0.15) is 18.2 Å². The summed E-state index contributed by atoms with van der Waals surface area (Å²) in [7, 11) is 0. The lowest BCUT2D eigenvalue weighted by molar-refractivity contribution is -0.0591. The van der Waals surface area contributed by atoms with Crippen LogP contribution in [0.15, 0.2) is 48.5 Å². The van der Waals surface area contributed by atoms with Crippen molar-refractivity contribution >= 4 is 22.8 Å². The van der Waals surface area contributed by atoms with Gasteiger partial charge in [0.05, 0.1) is 40.9 Å². The second kappa shape index (κ2) is 10.6. The van der Waals surface area contributed by atoms with E-state index in [1.165, 1.54) is 24.3 Å². The van der Waals surface area contributed by atoms with E-state index in [0.717, 1.165) is 55.2 Å². The van der Waals surface area contributed by atoms with Crippen molar-refractivity contribution in [3.63, 3.8) is 0 Å². The van der Waals surface area contributed by atoms with Crippen LogP contribution in [0.2, 0.25) is 0 Å². The maximum atomic E-state index is 15.0. The third kappa shape index (κ3) is 5.16. The summed E-state index contributed by atoms with van der Waals surface area (Å²) >= 11 is 0. The van der Waals surface area contributed by atoms with Gasteiger partial charge in [0.25, 0.3) is 0 Å². The van der Waals surface area contributed by atoms with Crippen LogP contribution >= 0.6 is 0 Å². The molecule has 2 aromatic heterocycles. The number of pyridine rings is 1. The first-order chi connectivity index (χ1) is 20.8. The number of nitriles is 1. The molecule has 3 atom stereocenters. The van der Waals surface area contributed by atoms with Crippen LogP contribution in [0, 0.1) is 34.3 Å². The Morgan fingerprint density at radius 3 is 2.74 bits per heavy atom. The topological polar surface area (TPSA) is 114 Å². The lowest BCUT2D eigenvalue weighted by atomic mass is 9.91. The van der Waals surface area contributed by atoms with Gasteiger partial charge >= 0.3 is 5.97 Å². The number of nitrogens with zero attached hydrogens (tertiary/aromatic N) is 5. The standard InChI is InChI=1S/C32H29F2N5O4/c33-24-4-6-29(43-18-21-2-1-19(15-35)11-25(21)34)37-30(24)38-9-8-32(13-22(32)16-38)14-28-36-26-5-3-20(31(40)41)12-27(26)39(28)17-23-7-10-42-23/h1-6,11-12,22-23H,7-10,13-14,16-18H2,(H,40,41)/t22-,23-,32-/m0/s1. The van der Waals surface area contributed by atoms with Crippen molar-refractivity contribution in [3.05, 3.63) is 82.7 Å². The van der Waals surface area contributed by atoms with E-state index in [1.807, 2.05) is 11.0 Å². The highest BCUT2D eigenvalue weighted by Crippen LogP contribution is 2.60. The van der Waals surface area contributed by atoms with Crippen molar-refractivity contribution in [2.45, 2.75) is 44.9 Å². The average Bonchev–Trinajstić information content (AvgIpc) is 3.59. The number of benzene rings is 2. The minimum atomic E-state index is -0.971. The van der Waals surface area contributed by atoms with Crippen molar-refractivity contribution in [3.8, 4) is 11.9 Å². The lowest BCUT2D eigenvalue weighted by Gasteiger charge is -2.33. The van der Waals surface area contributed by atoms with Crippen LogP contribution in [0.4, 0.5) is 14.6 Å². The second-order valence-electron chi connectivity index (χ2n) is 11.7. The molecule has 220 valence electrons. The van der Waals surface area contributed by atoms with Gasteiger partial charge in [0.15, 0.2) is 11.6 Å². The van der Waals surface area contributed by atoms with Crippen LogP contribution in [0.5, 0.6) is 5.88 Å². The number of carbonyl (C=O) groups is 1. The fourth-order valence-electron chi connectivity index (χ4n) is 6.40. The Morgan fingerprint density at radius 1 is 1.16 bits per heavy atom. The molecule has 9 nitrogen and oxygen atoms in total. The Hall–Kier alpha value is -4.56. The molecule has 4 heterocycles. The van der Waals surface area contributed by atoms with Gasteiger partial charge in [-0.25, -0.2) is 18.6 Å². The zero-order valence-corrected chi connectivity index (χ0v) is 23.3. The molecule has 1 aliphatic carbocycles. The van der Waals surface area contributed by atoms with Gasteiger partial charge in [0, 0.05) is 37.7 Å². The number of ether oxygens (including phenoxy) is 2. The van der Waals surface area contributed by atoms with Gasteiger partial charge in [-0.15, -0.1) is 0 Å². The van der Waals surface area contributed by atoms with Crippen molar-refractivity contribution in [2.75, 3.05) is 24.6 Å². The minimum absolute atomic E-state index is 0.0451. The first-order valence-corrected chi connectivity index (χ1v) is 14.4. The Balaban J connectivity index is 1.06. The molecule has 3 fully saturated rings. The normalized spacial score (nSPS) is 22.5. The van der Waals surface area contributed by atoms with E-state index in [9.17, 15) is 18.7 Å². The van der Waals surface area contributed by atoms with Crippen molar-refractivity contribution in [2.24, 2.45) is 11.3 Å². The maximum Gasteiger partial charge on any atom is 0.335 e. The Labute approximate surface area is 246 Å². The molecule has 4 aromatic rings. The highest BCUT2D eigenvalue weighted by molar-refractivity contribution is 5.92. The minimum Gasteiger partial charge on any atom is -0.478 e. The Bertz CT molecular complexity index is 1780. The summed E-state index contributed by atoms with van der Waals surface area (Å²) in [5.74, 6) is -0.281. The molecule has 3 aliphatic rings.